The summed E-state index contributed by atoms with van der Waals surface area (Å²) in [6.07, 6.45) is -1.80. The third-order valence-electron chi connectivity index (χ3n) is 2.59. The van der Waals surface area contributed by atoms with Gasteiger partial charge in [-0.2, -0.15) is 0 Å². The second-order valence-electron chi connectivity index (χ2n) is 4.00. The number of ether oxygens (including phenoxy) is 1. The van der Waals surface area contributed by atoms with E-state index in [1.807, 2.05) is 0 Å². The van der Waals surface area contributed by atoms with Crippen LogP contribution in [0, 0.1) is 0 Å². The summed E-state index contributed by atoms with van der Waals surface area (Å²) < 4.78 is 40.4. The Morgan fingerprint density at radius 3 is 2.65 bits per heavy atom. The topological polar surface area (TPSA) is 48.1 Å². The van der Waals surface area contributed by atoms with Crippen LogP contribution >= 0.6 is 11.6 Å². The van der Waals surface area contributed by atoms with E-state index >= 15 is 0 Å². The van der Waals surface area contributed by atoms with Crippen molar-refractivity contribution in [2.24, 2.45) is 5.73 Å². The van der Waals surface area contributed by atoms with Crippen molar-refractivity contribution in [2.45, 2.75) is 12.4 Å². The van der Waals surface area contributed by atoms with Gasteiger partial charge in [-0.3, -0.25) is 4.98 Å². The lowest BCUT2D eigenvalue weighted by Gasteiger charge is -2.15. The van der Waals surface area contributed by atoms with Gasteiger partial charge in [0.15, 0.2) is 0 Å². The molecule has 20 heavy (non-hydrogen) atoms. The van der Waals surface area contributed by atoms with Gasteiger partial charge < -0.3 is 10.5 Å². The summed E-state index contributed by atoms with van der Waals surface area (Å²) in [5.74, 6) is -0.323. The van der Waals surface area contributed by atoms with E-state index in [2.05, 4.69) is 9.72 Å². The van der Waals surface area contributed by atoms with Crippen molar-refractivity contribution in [2.75, 3.05) is 0 Å². The van der Waals surface area contributed by atoms with E-state index in [0.29, 0.717) is 16.1 Å². The molecule has 3 nitrogen and oxygen atoms in total. The van der Waals surface area contributed by atoms with E-state index in [0.717, 1.165) is 0 Å². The van der Waals surface area contributed by atoms with E-state index in [1.54, 1.807) is 12.1 Å². The van der Waals surface area contributed by atoms with Crippen LogP contribution in [0.1, 0.15) is 17.2 Å². The Balaban J connectivity index is 2.29. The molecule has 0 aliphatic heterocycles. The van der Waals surface area contributed by atoms with Crippen LogP contribution in [0.3, 0.4) is 0 Å². The van der Waals surface area contributed by atoms with Crippen molar-refractivity contribution < 1.29 is 17.9 Å². The molecule has 2 rings (SSSR count). The van der Waals surface area contributed by atoms with Crippen LogP contribution in [0.15, 0.2) is 42.7 Å². The van der Waals surface area contributed by atoms with Crippen molar-refractivity contribution in [1.29, 1.82) is 0 Å². The number of pyridine rings is 1. The molecule has 2 N–H and O–H groups in total. The molecular formula is C13H10ClF3N2O. The molecule has 7 heteroatoms. The molecule has 0 spiro atoms. The lowest BCUT2D eigenvalue weighted by Crippen LogP contribution is -2.18. The van der Waals surface area contributed by atoms with Crippen molar-refractivity contribution in [3.63, 3.8) is 0 Å². The largest absolute Gasteiger partial charge is 0.573 e. The first-order valence-electron chi connectivity index (χ1n) is 5.57. The Morgan fingerprint density at radius 1 is 1.25 bits per heavy atom. The maximum atomic E-state index is 12.2. The van der Waals surface area contributed by atoms with Crippen molar-refractivity contribution in [3.8, 4) is 5.75 Å². The van der Waals surface area contributed by atoms with E-state index < -0.39 is 12.4 Å². The predicted octanol–water partition coefficient (Wildman–Crippen LogP) is 3.68. The van der Waals surface area contributed by atoms with Crippen LogP contribution in [-0.4, -0.2) is 11.3 Å². The molecule has 106 valence electrons. The molecule has 1 aromatic heterocycles. The van der Waals surface area contributed by atoms with Gasteiger partial charge in [0.05, 0.1) is 11.1 Å². The van der Waals surface area contributed by atoms with Crippen molar-refractivity contribution >= 4 is 11.6 Å². The highest BCUT2D eigenvalue weighted by Gasteiger charge is 2.31. The smallest absolute Gasteiger partial charge is 0.406 e. The fourth-order valence-corrected chi connectivity index (χ4v) is 1.96. The third-order valence-corrected chi connectivity index (χ3v) is 2.91. The molecule has 0 aliphatic carbocycles. The molecule has 1 atom stereocenters. The van der Waals surface area contributed by atoms with Gasteiger partial charge in [0.1, 0.15) is 5.75 Å². The van der Waals surface area contributed by atoms with E-state index in [1.165, 1.54) is 30.6 Å². The zero-order valence-electron chi connectivity index (χ0n) is 10.1. The molecule has 0 radical (unpaired) electrons. The van der Waals surface area contributed by atoms with Gasteiger partial charge in [0.2, 0.25) is 0 Å². The van der Waals surface area contributed by atoms with Gasteiger partial charge in [0.25, 0.3) is 0 Å². The molecule has 0 fully saturated rings. The molecule has 0 aliphatic rings. The minimum Gasteiger partial charge on any atom is -0.406 e. The molecule has 1 heterocycles. The molecule has 1 aromatic carbocycles. The summed E-state index contributed by atoms with van der Waals surface area (Å²) >= 11 is 5.96. The second kappa shape index (κ2) is 5.68. The lowest BCUT2D eigenvalue weighted by molar-refractivity contribution is -0.274. The number of aromatic nitrogens is 1. The molecular weight excluding hydrogens is 293 g/mol. The zero-order chi connectivity index (χ0) is 14.8. The molecule has 0 bridgehead atoms. The number of benzene rings is 1. The van der Waals surface area contributed by atoms with Gasteiger partial charge in [0, 0.05) is 12.4 Å². The van der Waals surface area contributed by atoms with Crippen LogP contribution in [0.25, 0.3) is 0 Å². The maximum Gasteiger partial charge on any atom is 0.573 e. The van der Waals surface area contributed by atoms with Crippen molar-refractivity contribution in [3.05, 3.63) is 58.9 Å². The second-order valence-corrected chi connectivity index (χ2v) is 4.40. The highest BCUT2D eigenvalue weighted by Crippen LogP contribution is 2.29. The summed E-state index contributed by atoms with van der Waals surface area (Å²) in [6.45, 7) is 0. The number of nitrogens with two attached hydrogens (primary N) is 1. The van der Waals surface area contributed by atoms with Crippen molar-refractivity contribution in [1.82, 2.24) is 4.98 Å². The number of hydrogen-bond donors (Lipinski definition) is 1. The Morgan fingerprint density at radius 2 is 2.00 bits per heavy atom. The van der Waals surface area contributed by atoms with Crippen LogP contribution in [0.2, 0.25) is 5.02 Å². The van der Waals surface area contributed by atoms with Gasteiger partial charge in [-0.15, -0.1) is 13.2 Å². The normalized spacial score (nSPS) is 13.1. The van der Waals surface area contributed by atoms with E-state index in [-0.39, 0.29) is 5.75 Å². The Bertz CT molecular complexity index is 604. The highest BCUT2D eigenvalue weighted by atomic mass is 35.5. The quantitative estimate of drug-likeness (QED) is 0.941. The minimum atomic E-state index is -4.74. The number of nitrogens with zero attached hydrogens (tertiary/aromatic N) is 1. The average Bonchev–Trinajstić information content (AvgIpc) is 2.37. The van der Waals surface area contributed by atoms with E-state index in [9.17, 15) is 13.2 Å². The Kier molecular flexibility index (Phi) is 4.15. The molecule has 0 saturated heterocycles. The summed E-state index contributed by atoms with van der Waals surface area (Å²) in [5, 5.41) is 0.349. The van der Waals surface area contributed by atoms with Gasteiger partial charge in [-0.05, 0) is 29.3 Å². The molecule has 0 saturated carbocycles. The third kappa shape index (κ3) is 3.61. The zero-order valence-corrected chi connectivity index (χ0v) is 10.8. The van der Waals surface area contributed by atoms with Crippen LogP contribution in [0.5, 0.6) is 5.75 Å². The summed E-state index contributed by atoms with van der Waals surface area (Å²) in [4.78, 5) is 3.83. The first-order chi connectivity index (χ1) is 9.37. The van der Waals surface area contributed by atoms with Crippen LogP contribution in [0.4, 0.5) is 13.2 Å². The number of rotatable bonds is 3. The summed E-state index contributed by atoms with van der Waals surface area (Å²) in [7, 11) is 0. The fraction of sp³-hybridized carbons (Fsp3) is 0.154. The minimum absolute atomic E-state index is 0.323. The Hall–Kier alpha value is -1.79. The van der Waals surface area contributed by atoms with Gasteiger partial charge >= 0.3 is 6.36 Å². The predicted molar refractivity (Wildman–Crippen MR) is 68.4 cm³/mol. The Labute approximate surface area is 118 Å². The maximum absolute atomic E-state index is 12.2. The van der Waals surface area contributed by atoms with Crippen LogP contribution < -0.4 is 10.5 Å². The van der Waals surface area contributed by atoms with Gasteiger partial charge in [-0.1, -0.05) is 23.7 Å². The first kappa shape index (κ1) is 14.6. The number of hydrogen-bond acceptors (Lipinski definition) is 3. The van der Waals surface area contributed by atoms with Gasteiger partial charge in [-0.25, -0.2) is 0 Å². The SMILES string of the molecule is NC(c1cccc(OC(F)(F)F)c1)c1ccncc1Cl. The average molecular weight is 303 g/mol. The fourth-order valence-electron chi connectivity index (χ4n) is 1.72. The summed E-state index contributed by atoms with van der Waals surface area (Å²) in [6, 6.07) is 6.43. The van der Waals surface area contributed by atoms with Crippen LogP contribution in [-0.2, 0) is 0 Å². The van der Waals surface area contributed by atoms with E-state index in [4.69, 9.17) is 17.3 Å². The number of halogens is 4. The number of alkyl halides is 3. The lowest BCUT2D eigenvalue weighted by atomic mass is 10.0. The molecule has 1 unspecified atom stereocenters. The highest BCUT2D eigenvalue weighted by molar-refractivity contribution is 6.31. The summed E-state index contributed by atoms with van der Waals surface area (Å²) in [5.41, 5.74) is 7.03. The first-order valence-corrected chi connectivity index (χ1v) is 5.95. The monoisotopic (exact) mass is 302 g/mol. The molecule has 0 amide bonds. The standard InChI is InChI=1S/C13H10ClF3N2O/c14-11-7-19-5-4-10(11)12(18)8-2-1-3-9(6-8)20-13(15,16)17/h1-7,12H,18H2. The molecule has 2 aromatic rings.